The van der Waals surface area contributed by atoms with Crippen LogP contribution in [0.3, 0.4) is 0 Å². The Morgan fingerprint density at radius 3 is 2.80 bits per heavy atom. The lowest BCUT2D eigenvalue weighted by Crippen LogP contribution is -2.39. The van der Waals surface area contributed by atoms with Gasteiger partial charge in [0.2, 0.25) is 10.0 Å². The molecule has 2 rings (SSSR count). The van der Waals surface area contributed by atoms with Crippen molar-refractivity contribution in [1.29, 1.82) is 0 Å². The van der Waals surface area contributed by atoms with Crippen LogP contribution < -0.4 is 0 Å². The summed E-state index contributed by atoms with van der Waals surface area (Å²) in [5, 5.41) is 0. The van der Waals surface area contributed by atoms with E-state index in [4.69, 9.17) is 0 Å². The summed E-state index contributed by atoms with van der Waals surface area (Å²) < 4.78 is 26.8. The molecule has 1 aliphatic heterocycles. The molecule has 0 aliphatic carbocycles. The fraction of sp³-hybridized carbons (Fsp3) is 0.533. The first-order valence-corrected chi connectivity index (χ1v) is 8.50. The number of carbonyl (C=O) groups is 1. The molecule has 0 aromatic heterocycles. The van der Waals surface area contributed by atoms with Gasteiger partial charge in [0, 0.05) is 18.7 Å². The van der Waals surface area contributed by atoms with Crippen LogP contribution in [0.2, 0.25) is 0 Å². The third-order valence-electron chi connectivity index (χ3n) is 3.94. The van der Waals surface area contributed by atoms with E-state index in [1.165, 1.54) is 13.0 Å². The summed E-state index contributed by atoms with van der Waals surface area (Å²) in [6.45, 7) is 4.70. The smallest absolute Gasteiger partial charge is 0.243 e. The van der Waals surface area contributed by atoms with Gasteiger partial charge in [0.25, 0.3) is 0 Å². The number of hydrogen-bond acceptors (Lipinski definition) is 3. The summed E-state index contributed by atoms with van der Waals surface area (Å²) >= 11 is 0. The molecule has 1 aliphatic rings. The number of benzene rings is 1. The minimum absolute atomic E-state index is 0.118. The maximum Gasteiger partial charge on any atom is 0.243 e. The van der Waals surface area contributed by atoms with Crippen LogP contribution in [0.1, 0.15) is 43.5 Å². The highest BCUT2D eigenvalue weighted by molar-refractivity contribution is 7.89. The number of hydrogen-bond donors (Lipinski definition) is 0. The normalized spacial score (nSPS) is 20.8. The number of nitrogens with zero attached hydrogens (tertiary/aromatic N) is 1. The Hall–Kier alpha value is -1.20. The molecule has 0 spiro atoms. The quantitative estimate of drug-likeness (QED) is 0.803. The molecule has 1 unspecified atom stereocenters. The number of Topliss-reactive ketones (excluding diaryl/α,β-unsaturated/α-hetero) is 1. The fourth-order valence-corrected chi connectivity index (χ4v) is 4.20. The Morgan fingerprint density at radius 2 is 2.15 bits per heavy atom. The number of piperidine rings is 1. The van der Waals surface area contributed by atoms with Gasteiger partial charge in [-0.25, -0.2) is 8.42 Å². The molecule has 1 aromatic carbocycles. The largest absolute Gasteiger partial charge is 0.295 e. The summed E-state index contributed by atoms with van der Waals surface area (Å²) in [5.41, 5.74) is 0.440. The van der Waals surface area contributed by atoms with Crippen molar-refractivity contribution < 1.29 is 13.2 Å². The number of rotatable bonds is 4. The first kappa shape index (κ1) is 15.2. The number of carbonyl (C=O) groups excluding carboxylic acids is 1. The molecular weight excluding hydrogens is 274 g/mol. The van der Waals surface area contributed by atoms with Gasteiger partial charge in [-0.15, -0.1) is 0 Å². The third-order valence-corrected chi connectivity index (χ3v) is 5.80. The average molecular weight is 295 g/mol. The lowest BCUT2D eigenvalue weighted by atomic mass is 9.97. The SMILES string of the molecule is CCC1CCCN(S(=O)(=O)c2cccc(C(C)=O)c2)C1. The molecule has 1 heterocycles. The second-order valence-corrected chi connectivity index (χ2v) is 7.30. The van der Waals surface area contributed by atoms with Crippen LogP contribution in [-0.2, 0) is 10.0 Å². The zero-order valence-electron chi connectivity index (χ0n) is 12.0. The van der Waals surface area contributed by atoms with Crippen LogP contribution in [0.5, 0.6) is 0 Å². The molecule has 0 radical (unpaired) electrons. The maximum absolute atomic E-state index is 12.6. The molecule has 4 nitrogen and oxygen atoms in total. The van der Waals surface area contributed by atoms with Crippen molar-refractivity contribution in [1.82, 2.24) is 4.31 Å². The molecule has 20 heavy (non-hydrogen) atoms. The molecule has 0 saturated carbocycles. The molecule has 1 aromatic rings. The Balaban J connectivity index is 2.30. The van der Waals surface area contributed by atoms with Gasteiger partial charge in [-0.05, 0) is 37.8 Å². The van der Waals surface area contributed by atoms with E-state index in [1.807, 2.05) is 0 Å². The molecule has 0 amide bonds. The van der Waals surface area contributed by atoms with E-state index in [9.17, 15) is 13.2 Å². The highest BCUT2D eigenvalue weighted by atomic mass is 32.2. The van der Waals surface area contributed by atoms with E-state index >= 15 is 0 Å². The Morgan fingerprint density at radius 1 is 1.40 bits per heavy atom. The van der Waals surface area contributed by atoms with Crippen LogP contribution in [0.15, 0.2) is 29.2 Å². The predicted octanol–water partition coefficient (Wildman–Crippen LogP) is 2.70. The monoisotopic (exact) mass is 295 g/mol. The van der Waals surface area contributed by atoms with Gasteiger partial charge >= 0.3 is 0 Å². The van der Waals surface area contributed by atoms with Crippen molar-refractivity contribution in [2.24, 2.45) is 5.92 Å². The second-order valence-electron chi connectivity index (χ2n) is 5.36. The maximum atomic E-state index is 12.6. The van der Waals surface area contributed by atoms with E-state index in [0.717, 1.165) is 19.3 Å². The summed E-state index contributed by atoms with van der Waals surface area (Å²) in [6.07, 6.45) is 3.00. The Bertz CT molecular complexity index is 595. The van der Waals surface area contributed by atoms with Crippen molar-refractivity contribution in [3.05, 3.63) is 29.8 Å². The summed E-state index contributed by atoms with van der Waals surface area (Å²) in [5.74, 6) is 0.321. The first-order valence-electron chi connectivity index (χ1n) is 7.06. The van der Waals surface area contributed by atoms with E-state index in [-0.39, 0.29) is 10.7 Å². The molecule has 0 N–H and O–H groups in total. The second kappa shape index (κ2) is 6.06. The molecular formula is C15H21NO3S. The third kappa shape index (κ3) is 3.10. The van der Waals surface area contributed by atoms with Gasteiger partial charge < -0.3 is 0 Å². The Labute approximate surface area is 120 Å². The van der Waals surface area contributed by atoms with Gasteiger partial charge in [0.1, 0.15) is 0 Å². The minimum atomic E-state index is -3.48. The molecule has 0 bridgehead atoms. The summed E-state index contributed by atoms with van der Waals surface area (Å²) in [6, 6.07) is 6.32. The highest BCUT2D eigenvalue weighted by Gasteiger charge is 2.29. The van der Waals surface area contributed by atoms with Gasteiger partial charge in [0.05, 0.1) is 4.90 Å². The summed E-state index contributed by atoms with van der Waals surface area (Å²) in [4.78, 5) is 11.6. The topological polar surface area (TPSA) is 54.5 Å². The zero-order chi connectivity index (χ0) is 14.8. The van der Waals surface area contributed by atoms with Crippen molar-refractivity contribution >= 4 is 15.8 Å². The van der Waals surface area contributed by atoms with E-state index < -0.39 is 10.0 Å². The zero-order valence-corrected chi connectivity index (χ0v) is 12.8. The van der Waals surface area contributed by atoms with Crippen molar-refractivity contribution in [3.8, 4) is 0 Å². The lowest BCUT2D eigenvalue weighted by Gasteiger charge is -2.31. The van der Waals surface area contributed by atoms with Crippen molar-refractivity contribution in [2.45, 2.75) is 38.0 Å². The molecule has 1 fully saturated rings. The number of sulfonamides is 1. The molecule has 1 atom stereocenters. The minimum Gasteiger partial charge on any atom is -0.295 e. The van der Waals surface area contributed by atoms with Crippen LogP contribution in [0.4, 0.5) is 0 Å². The standard InChI is InChI=1S/C15H21NO3S/c1-3-13-6-5-9-16(11-13)20(18,19)15-8-4-7-14(10-15)12(2)17/h4,7-8,10,13H,3,5-6,9,11H2,1-2H3. The van der Waals surface area contributed by atoms with Gasteiger partial charge in [-0.1, -0.05) is 25.5 Å². The van der Waals surface area contributed by atoms with Gasteiger partial charge in [0.15, 0.2) is 5.78 Å². The van der Waals surface area contributed by atoms with Crippen LogP contribution >= 0.6 is 0 Å². The fourth-order valence-electron chi connectivity index (χ4n) is 2.60. The molecule has 1 saturated heterocycles. The van der Waals surface area contributed by atoms with Gasteiger partial charge in [-0.2, -0.15) is 4.31 Å². The molecule has 110 valence electrons. The van der Waals surface area contributed by atoms with Crippen LogP contribution in [0.25, 0.3) is 0 Å². The van der Waals surface area contributed by atoms with Crippen LogP contribution in [-0.4, -0.2) is 31.6 Å². The van der Waals surface area contributed by atoms with Gasteiger partial charge in [-0.3, -0.25) is 4.79 Å². The van der Waals surface area contributed by atoms with E-state index in [0.29, 0.717) is 24.6 Å². The van der Waals surface area contributed by atoms with Crippen molar-refractivity contribution in [3.63, 3.8) is 0 Å². The average Bonchev–Trinajstić information content (AvgIpc) is 2.47. The highest BCUT2D eigenvalue weighted by Crippen LogP contribution is 2.25. The summed E-state index contributed by atoms with van der Waals surface area (Å²) in [7, 11) is -3.48. The van der Waals surface area contributed by atoms with E-state index in [1.54, 1.807) is 22.5 Å². The Kier molecular flexibility index (Phi) is 4.60. The predicted molar refractivity (Wildman–Crippen MR) is 78.2 cm³/mol. The van der Waals surface area contributed by atoms with E-state index in [2.05, 4.69) is 6.92 Å². The van der Waals surface area contributed by atoms with Crippen LogP contribution in [0, 0.1) is 5.92 Å². The van der Waals surface area contributed by atoms with Crippen molar-refractivity contribution in [2.75, 3.05) is 13.1 Å². The number of ketones is 1. The lowest BCUT2D eigenvalue weighted by molar-refractivity contribution is 0.101. The molecule has 5 heteroatoms. The first-order chi connectivity index (χ1) is 9.45.